The molecule has 0 saturated carbocycles. The van der Waals surface area contributed by atoms with E-state index in [9.17, 15) is 9.59 Å². The average molecular weight is 289 g/mol. The quantitative estimate of drug-likeness (QED) is 0.881. The normalized spacial score (nSPS) is 16.5. The van der Waals surface area contributed by atoms with Crippen molar-refractivity contribution in [3.63, 3.8) is 0 Å². The number of nitrogens with one attached hydrogen (secondary N) is 2. The lowest BCUT2D eigenvalue weighted by molar-refractivity contribution is -0.121. The first-order valence-electron chi connectivity index (χ1n) is 7.37. The minimum Gasteiger partial charge on any atom is -0.353 e. The van der Waals surface area contributed by atoms with E-state index >= 15 is 0 Å². The molecule has 1 aliphatic rings. The predicted molar refractivity (Wildman–Crippen MR) is 83.1 cm³/mol. The van der Waals surface area contributed by atoms with Crippen LogP contribution in [0.15, 0.2) is 24.3 Å². The fraction of sp³-hybridized carbons (Fsp3) is 0.500. The molecule has 1 aromatic carbocycles. The van der Waals surface area contributed by atoms with Gasteiger partial charge in [0, 0.05) is 18.7 Å². The molecule has 0 unspecified atom stereocenters. The molecule has 1 heterocycles. The van der Waals surface area contributed by atoms with Gasteiger partial charge in [-0.3, -0.25) is 9.59 Å². The number of piperidine rings is 1. The summed E-state index contributed by atoms with van der Waals surface area (Å²) in [6.45, 7) is 3.55. The van der Waals surface area contributed by atoms with Gasteiger partial charge in [0.1, 0.15) is 0 Å². The summed E-state index contributed by atoms with van der Waals surface area (Å²) >= 11 is 0. The molecular formula is C16H23N3O2. The van der Waals surface area contributed by atoms with Crippen molar-refractivity contribution in [3.05, 3.63) is 29.8 Å². The van der Waals surface area contributed by atoms with Crippen molar-refractivity contribution in [2.75, 3.05) is 25.5 Å². The van der Waals surface area contributed by atoms with Gasteiger partial charge >= 0.3 is 0 Å². The Morgan fingerprint density at radius 3 is 2.38 bits per heavy atom. The number of likely N-dealkylation sites (tertiary alicyclic amines) is 1. The van der Waals surface area contributed by atoms with Crippen molar-refractivity contribution in [2.45, 2.75) is 32.2 Å². The topological polar surface area (TPSA) is 61.4 Å². The number of rotatable bonds is 4. The standard InChI is InChI=1S/C16H23N3O2/c1-12(20)17-14-5-3-13(4-6-14)11-16(21)18-15-7-9-19(2)10-8-15/h3-6,15H,7-11H2,1-2H3,(H,17,20)(H,18,21). The summed E-state index contributed by atoms with van der Waals surface area (Å²) < 4.78 is 0. The summed E-state index contributed by atoms with van der Waals surface area (Å²) in [5, 5.41) is 5.81. The first kappa shape index (κ1) is 15.5. The van der Waals surface area contributed by atoms with Crippen LogP contribution in [0.3, 0.4) is 0 Å². The molecule has 0 atom stereocenters. The summed E-state index contributed by atoms with van der Waals surface area (Å²) in [5.74, 6) is -0.0282. The number of hydrogen-bond acceptors (Lipinski definition) is 3. The highest BCUT2D eigenvalue weighted by Crippen LogP contribution is 2.11. The van der Waals surface area contributed by atoms with Crippen LogP contribution >= 0.6 is 0 Å². The summed E-state index contributed by atoms with van der Waals surface area (Å²) in [6.07, 6.45) is 2.42. The zero-order chi connectivity index (χ0) is 15.2. The molecule has 0 aromatic heterocycles. The van der Waals surface area contributed by atoms with Crippen molar-refractivity contribution >= 4 is 17.5 Å². The average Bonchev–Trinajstić information content (AvgIpc) is 2.43. The van der Waals surface area contributed by atoms with Gasteiger partial charge in [-0.2, -0.15) is 0 Å². The molecule has 5 heteroatoms. The number of anilines is 1. The van der Waals surface area contributed by atoms with Gasteiger partial charge in [-0.1, -0.05) is 12.1 Å². The van der Waals surface area contributed by atoms with E-state index in [1.165, 1.54) is 6.92 Å². The summed E-state index contributed by atoms with van der Waals surface area (Å²) in [4.78, 5) is 25.3. The molecule has 0 bridgehead atoms. The van der Waals surface area contributed by atoms with Gasteiger partial charge in [-0.25, -0.2) is 0 Å². The molecule has 2 amide bonds. The fourth-order valence-corrected chi connectivity index (χ4v) is 2.53. The van der Waals surface area contributed by atoms with E-state index in [0.717, 1.165) is 37.2 Å². The van der Waals surface area contributed by atoms with Gasteiger partial charge in [0.2, 0.25) is 11.8 Å². The smallest absolute Gasteiger partial charge is 0.224 e. The Kier molecular flexibility index (Phi) is 5.33. The van der Waals surface area contributed by atoms with E-state index in [1.807, 2.05) is 24.3 Å². The van der Waals surface area contributed by atoms with Gasteiger partial charge in [-0.15, -0.1) is 0 Å². The van der Waals surface area contributed by atoms with Gasteiger partial charge in [0.05, 0.1) is 6.42 Å². The van der Waals surface area contributed by atoms with Gasteiger partial charge in [-0.05, 0) is 50.7 Å². The van der Waals surface area contributed by atoms with Crippen molar-refractivity contribution in [1.82, 2.24) is 10.2 Å². The molecule has 1 saturated heterocycles. The van der Waals surface area contributed by atoms with E-state index in [4.69, 9.17) is 0 Å². The number of carbonyl (C=O) groups excluding carboxylic acids is 2. The maximum absolute atomic E-state index is 12.0. The molecule has 1 fully saturated rings. The molecule has 5 nitrogen and oxygen atoms in total. The highest BCUT2D eigenvalue weighted by atomic mass is 16.2. The van der Waals surface area contributed by atoms with Crippen LogP contribution in [0.25, 0.3) is 0 Å². The van der Waals surface area contributed by atoms with E-state index in [1.54, 1.807) is 0 Å². The van der Waals surface area contributed by atoms with Crippen LogP contribution in [0.2, 0.25) is 0 Å². The monoisotopic (exact) mass is 289 g/mol. The minimum absolute atomic E-state index is 0.0665. The summed E-state index contributed by atoms with van der Waals surface area (Å²) in [6, 6.07) is 7.69. The maximum atomic E-state index is 12.0. The number of benzene rings is 1. The molecule has 21 heavy (non-hydrogen) atoms. The Labute approximate surface area is 125 Å². The number of amides is 2. The third-order valence-corrected chi connectivity index (χ3v) is 3.72. The Balaban J connectivity index is 1.80. The lowest BCUT2D eigenvalue weighted by Crippen LogP contribution is -2.43. The zero-order valence-corrected chi connectivity index (χ0v) is 12.7. The third-order valence-electron chi connectivity index (χ3n) is 3.72. The molecule has 2 rings (SSSR count). The Morgan fingerprint density at radius 2 is 1.81 bits per heavy atom. The van der Waals surface area contributed by atoms with Crippen molar-refractivity contribution in [3.8, 4) is 0 Å². The maximum Gasteiger partial charge on any atom is 0.224 e. The van der Waals surface area contributed by atoms with Crippen LogP contribution in [-0.2, 0) is 16.0 Å². The van der Waals surface area contributed by atoms with Gasteiger partial charge in [0.25, 0.3) is 0 Å². The highest BCUT2D eigenvalue weighted by molar-refractivity contribution is 5.88. The summed E-state index contributed by atoms with van der Waals surface area (Å²) in [5.41, 5.74) is 1.71. The van der Waals surface area contributed by atoms with Crippen LogP contribution in [-0.4, -0.2) is 42.9 Å². The SMILES string of the molecule is CC(=O)Nc1ccc(CC(=O)NC2CCN(C)CC2)cc1. The Hall–Kier alpha value is -1.88. The fourth-order valence-electron chi connectivity index (χ4n) is 2.53. The van der Waals surface area contributed by atoms with Crippen LogP contribution in [0.4, 0.5) is 5.69 Å². The zero-order valence-electron chi connectivity index (χ0n) is 12.7. The lowest BCUT2D eigenvalue weighted by atomic mass is 10.0. The Morgan fingerprint density at radius 1 is 1.19 bits per heavy atom. The van der Waals surface area contributed by atoms with Crippen LogP contribution in [0, 0.1) is 0 Å². The van der Waals surface area contributed by atoms with Crippen molar-refractivity contribution < 1.29 is 9.59 Å². The van der Waals surface area contributed by atoms with E-state index in [-0.39, 0.29) is 11.8 Å². The van der Waals surface area contributed by atoms with E-state index < -0.39 is 0 Å². The van der Waals surface area contributed by atoms with Gasteiger partial charge < -0.3 is 15.5 Å². The molecule has 2 N–H and O–H groups in total. The molecule has 0 aliphatic carbocycles. The van der Waals surface area contributed by atoms with Crippen LogP contribution in [0.1, 0.15) is 25.3 Å². The van der Waals surface area contributed by atoms with E-state index in [2.05, 4.69) is 22.6 Å². The molecule has 114 valence electrons. The minimum atomic E-state index is -0.0947. The number of nitrogens with zero attached hydrogens (tertiary/aromatic N) is 1. The van der Waals surface area contributed by atoms with Crippen LogP contribution in [0.5, 0.6) is 0 Å². The highest BCUT2D eigenvalue weighted by Gasteiger charge is 2.18. The molecule has 1 aliphatic heterocycles. The number of hydrogen-bond donors (Lipinski definition) is 2. The molecule has 0 spiro atoms. The second-order valence-corrected chi connectivity index (χ2v) is 5.70. The molecule has 0 radical (unpaired) electrons. The number of carbonyl (C=O) groups is 2. The predicted octanol–water partition coefficient (Wildman–Crippen LogP) is 1.40. The lowest BCUT2D eigenvalue weighted by Gasteiger charge is -2.29. The van der Waals surface area contributed by atoms with Crippen molar-refractivity contribution in [1.29, 1.82) is 0 Å². The molecule has 1 aromatic rings. The largest absolute Gasteiger partial charge is 0.353 e. The van der Waals surface area contributed by atoms with Crippen LogP contribution < -0.4 is 10.6 Å². The molecular weight excluding hydrogens is 266 g/mol. The first-order valence-corrected chi connectivity index (χ1v) is 7.37. The third kappa shape index (κ3) is 5.19. The van der Waals surface area contributed by atoms with Crippen molar-refractivity contribution in [2.24, 2.45) is 0 Å². The first-order chi connectivity index (χ1) is 10.0. The Bertz CT molecular complexity index is 491. The summed E-state index contributed by atoms with van der Waals surface area (Å²) in [7, 11) is 2.11. The second-order valence-electron chi connectivity index (χ2n) is 5.70. The van der Waals surface area contributed by atoms with Gasteiger partial charge in [0.15, 0.2) is 0 Å². The van der Waals surface area contributed by atoms with E-state index in [0.29, 0.717) is 12.5 Å². The second kappa shape index (κ2) is 7.22.